The summed E-state index contributed by atoms with van der Waals surface area (Å²) < 4.78 is 66.1. The summed E-state index contributed by atoms with van der Waals surface area (Å²) in [4.78, 5) is 22.6. The Balaban J connectivity index is 1.66. The lowest BCUT2D eigenvalue weighted by atomic mass is 10.1. The van der Waals surface area contributed by atoms with E-state index < -0.39 is 28.8 Å². The summed E-state index contributed by atoms with van der Waals surface area (Å²) in [6, 6.07) is 14.2. The highest BCUT2D eigenvalue weighted by Gasteiger charge is 2.51. The van der Waals surface area contributed by atoms with Gasteiger partial charge in [-0.05, 0) is 35.4 Å². The lowest BCUT2D eigenvalue weighted by molar-refractivity contribution is 0.0557. The molecule has 0 saturated heterocycles. The lowest BCUT2D eigenvalue weighted by Gasteiger charge is -2.19. The third-order valence-corrected chi connectivity index (χ3v) is 10.3. The van der Waals surface area contributed by atoms with E-state index in [1.54, 1.807) is 44.3 Å². The first-order valence-corrected chi connectivity index (χ1v) is 16.2. The predicted molar refractivity (Wildman–Crippen MR) is 145 cm³/mol. The number of halogens is 3. The number of aromatic nitrogens is 1. The molecule has 1 heterocycles. The molecule has 3 rings (SSSR count). The topological polar surface area (TPSA) is 108 Å². The van der Waals surface area contributed by atoms with Crippen LogP contribution in [0.3, 0.4) is 0 Å². The van der Waals surface area contributed by atoms with Crippen LogP contribution in [0.1, 0.15) is 30.5 Å². The number of pyridine rings is 1. The minimum Gasteiger partial charge on any atom is -0.320 e. The number of rotatable bonds is 11. The predicted octanol–water partition coefficient (Wildman–Crippen LogP) is 6.20. The number of thioether (sulfide) groups is 1. The molecular weight excluding hydrogens is 609 g/mol. The lowest BCUT2D eigenvalue weighted by Crippen LogP contribution is -2.30. The van der Waals surface area contributed by atoms with Crippen LogP contribution >= 0.6 is 35.3 Å². The Labute approximate surface area is 227 Å². The van der Waals surface area contributed by atoms with E-state index in [4.69, 9.17) is 9.79 Å². The van der Waals surface area contributed by atoms with E-state index in [9.17, 15) is 21.8 Å². The van der Waals surface area contributed by atoms with Gasteiger partial charge in [-0.15, -0.1) is 0 Å². The summed E-state index contributed by atoms with van der Waals surface area (Å²) in [6.45, 7) is 4.35. The summed E-state index contributed by atoms with van der Waals surface area (Å²) in [6.07, 6.45) is 1.70. The average Bonchev–Trinajstić information content (AvgIpc) is 2.84. The van der Waals surface area contributed by atoms with E-state index in [0.717, 1.165) is 11.6 Å². The molecule has 2 aromatic carbocycles. The third kappa shape index (κ3) is 6.86. The molecule has 0 saturated carbocycles. The van der Waals surface area contributed by atoms with Gasteiger partial charge in [-0.1, -0.05) is 60.1 Å². The Morgan fingerprint density at radius 3 is 2.24 bits per heavy atom. The van der Waals surface area contributed by atoms with Crippen molar-refractivity contribution in [3.63, 3.8) is 0 Å². The van der Waals surface area contributed by atoms with Gasteiger partial charge in [-0.2, -0.15) is 24.8 Å². The zero-order valence-corrected chi connectivity index (χ0v) is 24.1. The van der Waals surface area contributed by atoms with Gasteiger partial charge in [0.15, 0.2) is 0 Å². The summed E-state index contributed by atoms with van der Waals surface area (Å²) in [5, 5.41) is 0. The fourth-order valence-electron chi connectivity index (χ4n) is 3.55. The van der Waals surface area contributed by atoms with E-state index >= 15 is 0 Å². The molecule has 3 aromatic rings. The molecule has 0 unspecified atom stereocenters. The largest absolute Gasteiger partial charge is 0.399 e. The Hall–Kier alpha value is -1.66. The van der Waals surface area contributed by atoms with Crippen LogP contribution < -0.4 is 0 Å². The highest BCUT2D eigenvalue weighted by Crippen LogP contribution is 2.60. The molecule has 0 aliphatic rings. The molecule has 0 fully saturated rings. The highest BCUT2D eigenvalue weighted by molar-refractivity contribution is 9.10. The molecule has 0 aliphatic carbocycles. The van der Waals surface area contributed by atoms with Crippen molar-refractivity contribution in [1.29, 1.82) is 0 Å². The van der Waals surface area contributed by atoms with Crippen molar-refractivity contribution in [3.05, 3.63) is 82.0 Å². The molecule has 0 radical (unpaired) electrons. The molecule has 0 amide bonds. The first kappa shape index (κ1) is 29.9. The standard InChI is InChI=1S/C24H26BrF2N2O5PS2/c1-3-29(4-2)37(33,34)20-7-5-6-19(13-20)23-11-9-18(14-28-23)16-36-15-17-8-10-21(22(25)12-17)24(26,27)35(30,31)32/h5-14H,3-4,15-16H2,1-2H3,(H2,30,31,32). The summed E-state index contributed by atoms with van der Waals surface area (Å²) in [5.41, 5.74) is -2.09. The molecule has 200 valence electrons. The minimum atomic E-state index is -5.65. The number of benzene rings is 2. The Bertz CT molecular complexity index is 1400. The Morgan fingerprint density at radius 1 is 1.03 bits per heavy atom. The van der Waals surface area contributed by atoms with Crippen LogP contribution in [0.2, 0.25) is 0 Å². The van der Waals surface area contributed by atoms with Crippen LogP contribution in [-0.4, -0.2) is 40.6 Å². The normalized spacial score (nSPS) is 12.8. The quantitative estimate of drug-likeness (QED) is 0.242. The molecule has 0 aliphatic heterocycles. The van der Waals surface area contributed by atoms with Gasteiger partial charge in [0.05, 0.1) is 10.6 Å². The second-order valence-electron chi connectivity index (χ2n) is 8.06. The van der Waals surface area contributed by atoms with Crippen molar-refractivity contribution in [2.75, 3.05) is 13.1 Å². The van der Waals surface area contributed by atoms with Crippen molar-refractivity contribution < 1.29 is 31.6 Å². The summed E-state index contributed by atoms with van der Waals surface area (Å²) >= 11 is 4.51. The number of sulfonamides is 1. The van der Waals surface area contributed by atoms with Crippen LogP contribution in [-0.2, 0) is 31.8 Å². The highest BCUT2D eigenvalue weighted by atomic mass is 79.9. The van der Waals surface area contributed by atoms with Crippen LogP contribution in [0.4, 0.5) is 8.78 Å². The third-order valence-electron chi connectivity index (χ3n) is 5.56. The van der Waals surface area contributed by atoms with E-state index in [0.29, 0.717) is 41.4 Å². The number of alkyl halides is 2. The van der Waals surface area contributed by atoms with Crippen LogP contribution in [0.5, 0.6) is 0 Å². The van der Waals surface area contributed by atoms with Gasteiger partial charge in [0, 0.05) is 46.4 Å². The van der Waals surface area contributed by atoms with Gasteiger partial charge in [0.2, 0.25) is 10.0 Å². The maximum absolute atomic E-state index is 14.0. The van der Waals surface area contributed by atoms with Gasteiger partial charge < -0.3 is 9.79 Å². The van der Waals surface area contributed by atoms with Crippen molar-refractivity contribution in [2.24, 2.45) is 0 Å². The maximum Gasteiger partial charge on any atom is 0.399 e. The van der Waals surface area contributed by atoms with E-state index in [1.165, 1.54) is 28.2 Å². The van der Waals surface area contributed by atoms with Crippen LogP contribution in [0, 0.1) is 0 Å². The van der Waals surface area contributed by atoms with Gasteiger partial charge in [-0.25, -0.2) is 8.42 Å². The van der Waals surface area contributed by atoms with Crippen molar-refractivity contribution >= 4 is 45.3 Å². The zero-order chi connectivity index (χ0) is 27.4. The number of nitrogens with zero attached hydrogens (tertiary/aromatic N) is 2. The fourth-order valence-corrected chi connectivity index (χ4v) is 7.31. The molecule has 0 bridgehead atoms. The average molecular weight is 635 g/mol. The molecule has 2 N–H and O–H groups in total. The van der Waals surface area contributed by atoms with Gasteiger partial charge in [0.1, 0.15) is 0 Å². The number of hydrogen-bond donors (Lipinski definition) is 2. The molecule has 37 heavy (non-hydrogen) atoms. The molecule has 0 spiro atoms. The van der Waals surface area contributed by atoms with E-state index in [2.05, 4.69) is 20.9 Å². The van der Waals surface area contributed by atoms with Crippen LogP contribution in [0.15, 0.2) is 70.2 Å². The first-order valence-electron chi connectivity index (χ1n) is 11.2. The second-order valence-corrected chi connectivity index (χ2v) is 13.5. The molecule has 13 heteroatoms. The smallest absolute Gasteiger partial charge is 0.320 e. The monoisotopic (exact) mass is 634 g/mol. The SMILES string of the molecule is CCN(CC)S(=O)(=O)c1cccc(-c2ccc(CSCc3ccc(C(F)(F)P(=O)(O)O)c(Br)c3)cn2)c1. The maximum atomic E-state index is 14.0. The molecule has 1 aromatic heterocycles. The van der Waals surface area contributed by atoms with Gasteiger partial charge in [-0.3, -0.25) is 9.55 Å². The minimum absolute atomic E-state index is 0.0739. The van der Waals surface area contributed by atoms with E-state index in [-0.39, 0.29) is 9.37 Å². The van der Waals surface area contributed by atoms with Gasteiger partial charge >= 0.3 is 13.3 Å². The van der Waals surface area contributed by atoms with Crippen molar-refractivity contribution in [3.8, 4) is 11.3 Å². The molecule has 0 atom stereocenters. The Morgan fingerprint density at radius 2 is 1.68 bits per heavy atom. The summed E-state index contributed by atoms with van der Waals surface area (Å²) in [5.74, 6) is 1.06. The van der Waals surface area contributed by atoms with E-state index in [1.807, 2.05) is 12.1 Å². The fraction of sp³-hybridized carbons (Fsp3) is 0.292. The second kappa shape index (κ2) is 12.0. The summed E-state index contributed by atoms with van der Waals surface area (Å²) in [7, 11) is -9.23. The van der Waals surface area contributed by atoms with Crippen LogP contribution in [0.25, 0.3) is 11.3 Å². The van der Waals surface area contributed by atoms with Crippen molar-refractivity contribution in [1.82, 2.24) is 9.29 Å². The van der Waals surface area contributed by atoms with Gasteiger partial charge in [0.25, 0.3) is 0 Å². The molecule has 7 nitrogen and oxygen atoms in total. The van der Waals surface area contributed by atoms with Crippen molar-refractivity contribution in [2.45, 2.75) is 35.9 Å². The Kier molecular flexibility index (Phi) is 9.71. The molecular formula is C24H26BrF2N2O5PS2. The zero-order valence-electron chi connectivity index (χ0n) is 20.0. The number of hydrogen-bond acceptors (Lipinski definition) is 5. The first-order chi connectivity index (χ1) is 17.3.